The lowest BCUT2D eigenvalue weighted by Gasteiger charge is -2.37. The predicted octanol–water partition coefficient (Wildman–Crippen LogP) is 4.67. The number of amides is 1. The van der Waals surface area contributed by atoms with Crippen LogP contribution in [0, 0.1) is 0 Å². The Bertz CT molecular complexity index is 1550. The van der Waals surface area contributed by atoms with Crippen molar-refractivity contribution in [1.82, 2.24) is 29.8 Å². The molecule has 1 saturated heterocycles. The van der Waals surface area contributed by atoms with E-state index in [0.29, 0.717) is 62.5 Å². The molecule has 0 saturated carbocycles. The van der Waals surface area contributed by atoms with Crippen LogP contribution in [0.1, 0.15) is 48.3 Å². The van der Waals surface area contributed by atoms with Gasteiger partial charge < -0.3 is 24.6 Å². The summed E-state index contributed by atoms with van der Waals surface area (Å²) in [5, 5.41) is 3.25. The summed E-state index contributed by atoms with van der Waals surface area (Å²) in [7, 11) is 0. The first kappa shape index (κ1) is 28.5. The molecular formula is C32H36N8O3. The molecule has 5 heterocycles. The number of ether oxygens (including phenoxy) is 2. The number of benzene rings is 1. The molecule has 1 atom stereocenters. The molecule has 2 aliphatic rings. The molecule has 222 valence electrons. The molecule has 6 rings (SSSR count). The maximum atomic E-state index is 13.3. The number of carbonyl (C=O) groups excluding carboxylic acids is 1. The van der Waals surface area contributed by atoms with Crippen LogP contribution >= 0.6 is 0 Å². The molecule has 43 heavy (non-hydrogen) atoms. The fourth-order valence-corrected chi connectivity index (χ4v) is 5.30. The summed E-state index contributed by atoms with van der Waals surface area (Å²) in [5.74, 6) is 2.52. The largest absolute Gasteiger partial charge is 0.478 e. The van der Waals surface area contributed by atoms with Crippen molar-refractivity contribution in [3.05, 3.63) is 77.9 Å². The van der Waals surface area contributed by atoms with Gasteiger partial charge >= 0.3 is 0 Å². The van der Waals surface area contributed by atoms with Gasteiger partial charge in [0.15, 0.2) is 5.82 Å². The van der Waals surface area contributed by atoms with Gasteiger partial charge in [-0.2, -0.15) is 4.98 Å². The molecule has 4 aromatic rings. The topological polar surface area (TPSA) is 118 Å². The van der Waals surface area contributed by atoms with Crippen LogP contribution in [0.2, 0.25) is 0 Å². The molecule has 1 fully saturated rings. The van der Waals surface area contributed by atoms with Crippen LogP contribution in [0.3, 0.4) is 0 Å². The van der Waals surface area contributed by atoms with Crippen molar-refractivity contribution in [2.75, 3.05) is 43.1 Å². The summed E-state index contributed by atoms with van der Waals surface area (Å²) in [6.45, 7) is 7.97. The average Bonchev–Trinajstić information content (AvgIpc) is 3.05. The Labute approximate surface area is 251 Å². The molecule has 11 nitrogen and oxygen atoms in total. The van der Waals surface area contributed by atoms with E-state index in [0.717, 1.165) is 47.7 Å². The number of fused-ring (bicyclic) bond motifs is 1. The van der Waals surface area contributed by atoms with Gasteiger partial charge in [0, 0.05) is 54.6 Å². The molecule has 0 radical (unpaired) electrons. The second-order valence-corrected chi connectivity index (χ2v) is 10.8. The lowest BCUT2D eigenvalue weighted by Crippen LogP contribution is -2.45. The number of pyridine rings is 1. The second kappa shape index (κ2) is 13.1. The smallest absolute Gasteiger partial charge is 0.255 e. The summed E-state index contributed by atoms with van der Waals surface area (Å²) in [6, 6.07) is 13.4. The number of rotatable bonds is 9. The van der Waals surface area contributed by atoms with Crippen LogP contribution in [0.5, 0.6) is 5.88 Å². The quantitative estimate of drug-likeness (QED) is 0.280. The molecule has 0 unspecified atom stereocenters. The number of nitrogens with one attached hydrogen (secondary N) is 1. The Hall–Kier alpha value is -4.64. The number of hydrogen-bond acceptors (Lipinski definition) is 10. The summed E-state index contributed by atoms with van der Waals surface area (Å²) < 4.78 is 11.4. The molecule has 11 heteroatoms. The highest BCUT2D eigenvalue weighted by molar-refractivity contribution is 5.94. The van der Waals surface area contributed by atoms with Crippen LogP contribution in [-0.4, -0.2) is 74.7 Å². The Morgan fingerprint density at radius 3 is 2.77 bits per heavy atom. The van der Waals surface area contributed by atoms with Crippen LogP contribution in [0.25, 0.3) is 11.4 Å². The van der Waals surface area contributed by atoms with Gasteiger partial charge in [-0.05, 0) is 56.2 Å². The van der Waals surface area contributed by atoms with E-state index in [-0.39, 0.29) is 11.9 Å². The highest BCUT2D eigenvalue weighted by Crippen LogP contribution is 2.32. The van der Waals surface area contributed by atoms with Crippen LogP contribution < -0.4 is 15.0 Å². The van der Waals surface area contributed by atoms with Crippen molar-refractivity contribution in [2.24, 2.45) is 0 Å². The van der Waals surface area contributed by atoms with Crippen molar-refractivity contribution >= 4 is 23.4 Å². The van der Waals surface area contributed by atoms with E-state index in [9.17, 15) is 4.79 Å². The minimum Gasteiger partial charge on any atom is -0.478 e. The van der Waals surface area contributed by atoms with E-state index < -0.39 is 0 Å². The molecule has 0 spiro atoms. The average molecular weight is 581 g/mol. The minimum absolute atomic E-state index is 0.0438. The van der Waals surface area contributed by atoms with Gasteiger partial charge in [-0.3, -0.25) is 9.78 Å². The summed E-state index contributed by atoms with van der Waals surface area (Å²) in [5.41, 5.74) is 4.26. The molecule has 3 aromatic heterocycles. The van der Waals surface area contributed by atoms with Crippen LogP contribution in [-0.2, 0) is 17.7 Å². The molecule has 1 aromatic carbocycles. The lowest BCUT2D eigenvalue weighted by molar-refractivity contribution is 0.0731. The van der Waals surface area contributed by atoms with Crippen LogP contribution in [0.15, 0.2) is 61.1 Å². The maximum absolute atomic E-state index is 13.3. The number of aromatic nitrogens is 5. The highest BCUT2D eigenvalue weighted by atomic mass is 16.5. The number of hydrogen-bond donors (Lipinski definition) is 1. The zero-order valence-electron chi connectivity index (χ0n) is 24.6. The minimum atomic E-state index is -0.0438. The molecule has 1 N–H and O–H groups in total. The van der Waals surface area contributed by atoms with Crippen molar-refractivity contribution in [2.45, 2.75) is 45.7 Å². The number of nitrogens with zero attached hydrogens (tertiary/aromatic N) is 7. The third kappa shape index (κ3) is 6.56. The number of unbranched alkanes of at least 4 members (excludes halogenated alkanes) is 1. The fraction of sp³-hybridized carbons (Fsp3) is 0.375. The molecule has 1 amide bonds. The lowest BCUT2D eigenvalue weighted by atomic mass is 10.0. The fourth-order valence-electron chi connectivity index (χ4n) is 5.30. The van der Waals surface area contributed by atoms with Gasteiger partial charge in [0.25, 0.3) is 5.91 Å². The highest BCUT2D eigenvalue weighted by Gasteiger charge is 2.30. The predicted molar refractivity (Wildman–Crippen MR) is 163 cm³/mol. The Kier molecular flexibility index (Phi) is 8.69. The third-order valence-corrected chi connectivity index (χ3v) is 7.66. The number of morpholine rings is 1. The van der Waals surface area contributed by atoms with E-state index in [1.165, 1.54) is 0 Å². The van der Waals surface area contributed by atoms with E-state index >= 15 is 0 Å². The van der Waals surface area contributed by atoms with Gasteiger partial charge in [0.2, 0.25) is 11.8 Å². The van der Waals surface area contributed by atoms with Crippen molar-refractivity contribution in [1.29, 1.82) is 0 Å². The summed E-state index contributed by atoms with van der Waals surface area (Å²) >= 11 is 0. The third-order valence-electron chi connectivity index (χ3n) is 7.66. The molecule has 0 aliphatic carbocycles. The Balaban J connectivity index is 1.27. The maximum Gasteiger partial charge on any atom is 0.255 e. The van der Waals surface area contributed by atoms with Gasteiger partial charge in [0.1, 0.15) is 5.82 Å². The second-order valence-electron chi connectivity index (χ2n) is 10.8. The van der Waals surface area contributed by atoms with Crippen molar-refractivity contribution in [3.8, 4) is 17.3 Å². The van der Waals surface area contributed by atoms with Crippen molar-refractivity contribution < 1.29 is 14.3 Å². The Morgan fingerprint density at radius 1 is 1.09 bits per heavy atom. The van der Waals surface area contributed by atoms with Gasteiger partial charge in [-0.1, -0.05) is 13.3 Å². The first-order chi connectivity index (χ1) is 21.1. The number of carbonyl (C=O) groups is 1. The monoisotopic (exact) mass is 580 g/mol. The normalized spacial score (nSPS) is 16.5. The van der Waals surface area contributed by atoms with Gasteiger partial charge in [-0.25, -0.2) is 15.0 Å². The zero-order valence-corrected chi connectivity index (χ0v) is 24.6. The van der Waals surface area contributed by atoms with Gasteiger partial charge in [0.05, 0.1) is 43.7 Å². The van der Waals surface area contributed by atoms with Crippen LogP contribution in [0.4, 0.5) is 17.5 Å². The standard InChI is InChI=1S/C32H36N8O3/c1-3-4-17-43-28-11-14-34-32(37-28)35-25-9-7-23(8-10-25)29-36-27-20-39(31(41)24-6-5-13-33-19-24)15-12-26(27)30(38-29)40-16-18-42-21-22(40)2/h5-11,13-14,19,22H,3-4,12,15-18,20-21H2,1-2H3,(H,34,35,37)/t22-/m0/s1. The van der Waals surface area contributed by atoms with E-state index in [2.05, 4.69) is 39.0 Å². The number of anilines is 3. The summed E-state index contributed by atoms with van der Waals surface area (Å²) in [4.78, 5) is 40.5. The molecule has 0 bridgehead atoms. The first-order valence-electron chi connectivity index (χ1n) is 14.9. The SMILES string of the molecule is CCCCOc1ccnc(Nc2ccc(-c3nc4c(c(N5CCOC[C@@H]5C)n3)CCN(C(=O)c3cccnc3)C4)cc2)n1. The summed E-state index contributed by atoms with van der Waals surface area (Å²) in [6.07, 6.45) is 7.69. The van der Waals surface area contributed by atoms with Gasteiger partial charge in [-0.15, -0.1) is 0 Å². The molecule has 2 aliphatic heterocycles. The van der Waals surface area contributed by atoms with E-state index in [1.54, 1.807) is 36.8 Å². The van der Waals surface area contributed by atoms with E-state index in [4.69, 9.17) is 19.4 Å². The zero-order chi connectivity index (χ0) is 29.6. The Morgan fingerprint density at radius 2 is 1.98 bits per heavy atom. The van der Waals surface area contributed by atoms with Crippen molar-refractivity contribution in [3.63, 3.8) is 0 Å². The van der Waals surface area contributed by atoms with E-state index in [1.807, 2.05) is 29.2 Å². The molecular weight excluding hydrogens is 544 g/mol. The first-order valence-corrected chi connectivity index (χ1v) is 14.9.